The smallest absolute Gasteiger partial charge is 0.290 e. The summed E-state index contributed by atoms with van der Waals surface area (Å²) in [6, 6.07) is 16.7. The van der Waals surface area contributed by atoms with Gasteiger partial charge in [0.1, 0.15) is 0 Å². The minimum Gasteiger partial charge on any atom is -0.503 e. The van der Waals surface area contributed by atoms with Crippen molar-refractivity contribution in [3.8, 4) is 5.75 Å². The SMILES string of the molecule is O=C(C[n+]1cccc(O)c1)Nc1ccc(Cl)cc1C(=O)c1ccccc1. The molecule has 0 atom stereocenters. The van der Waals surface area contributed by atoms with Crippen molar-refractivity contribution >= 4 is 29.0 Å². The second-order valence-corrected chi connectivity index (χ2v) is 6.10. The van der Waals surface area contributed by atoms with Gasteiger partial charge in [-0.15, -0.1) is 0 Å². The lowest BCUT2D eigenvalue weighted by Gasteiger charge is -2.10. The number of hydrogen-bond acceptors (Lipinski definition) is 3. The van der Waals surface area contributed by atoms with Gasteiger partial charge < -0.3 is 10.4 Å². The van der Waals surface area contributed by atoms with Crippen LogP contribution < -0.4 is 9.88 Å². The lowest BCUT2D eigenvalue weighted by Crippen LogP contribution is -2.39. The van der Waals surface area contributed by atoms with Gasteiger partial charge in [0.05, 0.1) is 5.69 Å². The van der Waals surface area contributed by atoms with E-state index >= 15 is 0 Å². The van der Waals surface area contributed by atoms with Crippen LogP contribution in [0, 0.1) is 0 Å². The van der Waals surface area contributed by atoms with E-state index < -0.39 is 0 Å². The highest BCUT2D eigenvalue weighted by atomic mass is 35.5. The second-order valence-electron chi connectivity index (χ2n) is 5.67. The molecule has 1 aromatic heterocycles. The largest absolute Gasteiger partial charge is 0.503 e. The highest BCUT2D eigenvalue weighted by Crippen LogP contribution is 2.23. The molecule has 26 heavy (non-hydrogen) atoms. The molecule has 2 N–H and O–H groups in total. The van der Waals surface area contributed by atoms with E-state index in [1.54, 1.807) is 53.2 Å². The second kappa shape index (κ2) is 7.80. The van der Waals surface area contributed by atoms with Gasteiger partial charge in [0, 0.05) is 22.2 Å². The first-order valence-electron chi connectivity index (χ1n) is 7.90. The van der Waals surface area contributed by atoms with E-state index in [1.165, 1.54) is 18.3 Å². The Labute approximate surface area is 155 Å². The predicted molar refractivity (Wildman–Crippen MR) is 98.3 cm³/mol. The average molecular weight is 368 g/mol. The average Bonchev–Trinajstić information content (AvgIpc) is 2.63. The highest BCUT2D eigenvalue weighted by molar-refractivity contribution is 6.31. The van der Waals surface area contributed by atoms with Crippen molar-refractivity contribution in [1.29, 1.82) is 0 Å². The number of amides is 1. The van der Waals surface area contributed by atoms with Crippen molar-refractivity contribution in [2.45, 2.75) is 6.54 Å². The summed E-state index contributed by atoms with van der Waals surface area (Å²) >= 11 is 6.04. The van der Waals surface area contributed by atoms with E-state index in [0.29, 0.717) is 21.8 Å². The Morgan fingerprint density at radius 2 is 1.81 bits per heavy atom. The number of aromatic hydroxyl groups is 1. The zero-order chi connectivity index (χ0) is 18.5. The lowest BCUT2D eigenvalue weighted by atomic mass is 10.0. The van der Waals surface area contributed by atoms with Gasteiger partial charge in [0.15, 0.2) is 17.7 Å². The maximum absolute atomic E-state index is 12.8. The van der Waals surface area contributed by atoms with E-state index in [1.807, 2.05) is 6.07 Å². The van der Waals surface area contributed by atoms with Gasteiger partial charge in [0.25, 0.3) is 5.91 Å². The van der Waals surface area contributed by atoms with Crippen LogP contribution in [0.25, 0.3) is 0 Å². The van der Waals surface area contributed by atoms with E-state index in [9.17, 15) is 14.7 Å². The van der Waals surface area contributed by atoms with Gasteiger partial charge in [-0.05, 0) is 24.3 Å². The third-order valence-corrected chi connectivity index (χ3v) is 3.94. The molecule has 0 aliphatic heterocycles. The number of halogens is 1. The number of carbonyl (C=O) groups is 2. The third-order valence-electron chi connectivity index (χ3n) is 3.71. The Morgan fingerprint density at radius 1 is 1.04 bits per heavy atom. The molecule has 5 nitrogen and oxygen atoms in total. The van der Waals surface area contributed by atoms with Crippen LogP contribution in [-0.2, 0) is 11.3 Å². The summed E-state index contributed by atoms with van der Waals surface area (Å²) in [4.78, 5) is 25.1. The summed E-state index contributed by atoms with van der Waals surface area (Å²) in [6.45, 7) is -0.00397. The molecule has 0 radical (unpaired) electrons. The molecule has 0 aliphatic rings. The van der Waals surface area contributed by atoms with Crippen LogP contribution >= 0.6 is 11.6 Å². The lowest BCUT2D eigenvalue weighted by molar-refractivity contribution is -0.684. The van der Waals surface area contributed by atoms with Crippen molar-refractivity contribution in [1.82, 2.24) is 0 Å². The molecule has 1 amide bonds. The Morgan fingerprint density at radius 3 is 2.54 bits per heavy atom. The molecular formula is C20H16ClN2O3+. The Hall–Kier alpha value is -3.18. The molecule has 0 spiro atoms. The topological polar surface area (TPSA) is 70.3 Å². The molecule has 3 aromatic rings. The molecule has 0 fully saturated rings. The van der Waals surface area contributed by atoms with Gasteiger partial charge in [-0.1, -0.05) is 41.9 Å². The fourth-order valence-electron chi connectivity index (χ4n) is 2.52. The van der Waals surface area contributed by atoms with Crippen LogP contribution in [0.2, 0.25) is 5.02 Å². The van der Waals surface area contributed by atoms with Gasteiger partial charge in [-0.2, -0.15) is 4.57 Å². The molecule has 130 valence electrons. The molecule has 0 aliphatic carbocycles. The zero-order valence-corrected chi connectivity index (χ0v) is 14.5. The predicted octanol–water partition coefficient (Wildman–Crippen LogP) is 3.20. The minimum absolute atomic E-state index is 0.00397. The van der Waals surface area contributed by atoms with Crippen LogP contribution in [-0.4, -0.2) is 16.8 Å². The number of rotatable bonds is 5. The molecule has 6 heteroatoms. The molecule has 3 rings (SSSR count). The van der Waals surface area contributed by atoms with E-state index in [4.69, 9.17) is 11.6 Å². The number of nitrogens with zero attached hydrogens (tertiary/aromatic N) is 1. The minimum atomic E-state index is -0.329. The van der Waals surface area contributed by atoms with Crippen molar-refractivity contribution < 1.29 is 19.3 Å². The number of aromatic nitrogens is 1. The zero-order valence-electron chi connectivity index (χ0n) is 13.7. The highest BCUT2D eigenvalue weighted by Gasteiger charge is 2.17. The van der Waals surface area contributed by atoms with Crippen LogP contribution in [0.15, 0.2) is 73.1 Å². The van der Waals surface area contributed by atoms with Crippen LogP contribution in [0.3, 0.4) is 0 Å². The van der Waals surface area contributed by atoms with Crippen molar-refractivity contribution in [2.24, 2.45) is 0 Å². The summed E-state index contributed by atoms with van der Waals surface area (Å²) in [7, 11) is 0. The van der Waals surface area contributed by atoms with Crippen LogP contribution in [0.1, 0.15) is 15.9 Å². The van der Waals surface area contributed by atoms with Crippen LogP contribution in [0.4, 0.5) is 5.69 Å². The standard InChI is InChI=1S/C20H15ClN2O3/c21-15-8-9-18(17(11-15)20(26)14-5-2-1-3-6-14)22-19(25)13-23-10-4-7-16(24)12-23/h1-12H,13H2,(H-,22,24,25,26)/p+1. The first-order chi connectivity index (χ1) is 12.5. The number of pyridine rings is 1. The van der Waals surface area contributed by atoms with Gasteiger partial charge in [-0.3, -0.25) is 9.59 Å². The van der Waals surface area contributed by atoms with Gasteiger partial charge in [-0.25, -0.2) is 0 Å². The first kappa shape index (κ1) is 17.6. The Bertz CT molecular complexity index is 958. The van der Waals surface area contributed by atoms with E-state index in [-0.39, 0.29) is 24.0 Å². The summed E-state index contributed by atoms with van der Waals surface area (Å²) < 4.78 is 1.54. The first-order valence-corrected chi connectivity index (χ1v) is 8.28. The summed E-state index contributed by atoms with van der Waals surface area (Å²) in [5.41, 5.74) is 1.21. The molecule has 0 saturated carbocycles. The summed E-state index contributed by atoms with van der Waals surface area (Å²) in [5.74, 6) is -0.495. The molecular weight excluding hydrogens is 352 g/mol. The van der Waals surface area contributed by atoms with Crippen molar-refractivity contribution in [3.63, 3.8) is 0 Å². The van der Waals surface area contributed by atoms with Crippen molar-refractivity contribution in [2.75, 3.05) is 5.32 Å². The maximum atomic E-state index is 12.8. The summed E-state index contributed by atoms with van der Waals surface area (Å²) in [5, 5.41) is 12.6. The Kier molecular flexibility index (Phi) is 5.29. The number of ketones is 1. The number of carbonyl (C=O) groups excluding carboxylic acids is 2. The Balaban J connectivity index is 1.84. The molecule has 0 saturated heterocycles. The molecule has 0 unspecified atom stereocenters. The normalized spacial score (nSPS) is 10.3. The van der Waals surface area contributed by atoms with Gasteiger partial charge >= 0.3 is 0 Å². The molecule has 2 aromatic carbocycles. The molecule has 1 heterocycles. The number of anilines is 1. The van der Waals surface area contributed by atoms with Gasteiger partial charge in [0.2, 0.25) is 12.7 Å². The summed E-state index contributed by atoms with van der Waals surface area (Å²) in [6.07, 6.45) is 3.11. The fraction of sp³-hybridized carbons (Fsp3) is 0.0500. The fourth-order valence-corrected chi connectivity index (χ4v) is 2.69. The van der Waals surface area contributed by atoms with Crippen molar-refractivity contribution in [3.05, 3.63) is 89.2 Å². The number of hydrogen-bond donors (Lipinski definition) is 2. The van der Waals surface area contributed by atoms with E-state index in [0.717, 1.165) is 0 Å². The number of benzene rings is 2. The monoisotopic (exact) mass is 367 g/mol. The van der Waals surface area contributed by atoms with E-state index in [2.05, 4.69) is 5.32 Å². The molecule has 0 bridgehead atoms. The number of nitrogens with one attached hydrogen (secondary N) is 1. The van der Waals surface area contributed by atoms with Crippen LogP contribution in [0.5, 0.6) is 5.75 Å². The quantitative estimate of drug-likeness (QED) is 0.537. The third kappa shape index (κ3) is 4.26. The maximum Gasteiger partial charge on any atom is 0.290 e.